The second kappa shape index (κ2) is 23.8. The van der Waals surface area contributed by atoms with Gasteiger partial charge < -0.3 is 36.2 Å². The molecule has 16 nitrogen and oxygen atoms in total. The Bertz CT molecular complexity index is 4120. The van der Waals surface area contributed by atoms with Crippen molar-refractivity contribution in [3.63, 3.8) is 0 Å². The van der Waals surface area contributed by atoms with Crippen molar-refractivity contribution in [3.05, 3.63) is 208 Å². The van der Waals surface area contributed by atoms with Crippen LogP contribution in [0.4, 0.5) is 0 Å². The van der Waals surface area contributed by atoms with Crippen LogP contribution in [0.5, 0.6) is 0 Å². The minimum Gasteiger partial charge on any atom is -0.511 e. The number of esters is 1. The first-order chi connectivity index (χ1) is 42.7. The number of nitrogens with zero attached hydrogens (tertiary/aromatic N) is 6. The lowest BCUT2D eigenvalue weighted by Gasteiger charge is -2.20. The summed E-state index contributed by atoms with van der Waals surface area (Å²) < 4.78 is 5.21. The molecule has 10 heterocycles. The van der Waals surface area contributed by atoms with Gasteiger partial charge in [-0.05, 0) is 168 Å². The van der Waals surface area contributed by atoms with Crippen LogP contribution < -0.4 is 21.3 Å². The molecule has 6 N–H and O–H groups in total. The number of aliphatic imine (C=N–C) groups is 6. The van der Waals surface area contributed by atoms with Gasteiger partial charge in [0.2, 0.25) is 11.8 Å². The first-order valence-electron chi connectivity index (χ1n) is 31.6. The molecule has 2 aliphatic carbocycles. The molecule has 89 heavy (non-hydrogen) atoms. The van der Waals surface area contributed by atoms with Crippen LogP contribution in [-0.2, 0) is 19.1 Å². The molecule has 0 radical (unpaired) electrons. The third kappa shape index (κ3) is 10.5. The summed E-state index contributed by atoms with van der Waals surface area (Å²) in [6.45, 7) is 29.6. The average molecular weight is 1190 g/mol. The maximum absolute atomic E-state index is 14.1. The van der Waals surface area contributed by atoms with Gasteiger partial charge >= 0.3 is 5.97 Å². The largest absolute Gasteiger partial charge is 0.511 e. The normalized spacial score (nSPS) is 24.4. The number of rotatable bonds is 17. The highest BCUT2D eigenvalue weighted by molar-refractivity contribution is 6.23. The Morgan fingerprint density at radius 2 is 1.04 bits per heavy atom. The molecule has 0 aromatic carbocycles. The predicted molar refractivity (Wildman–Crippen MR) is 354 cm³/mol. The van der Waals surface area contributed by atoms with E-state index in [0.29, 0.717) is 51.5 Å². The lowest BCUT2D eigenvalue weighted by molar-refractivity contribution is -0.145. The van der Waals surface area contributed by atoms with Gasteiger partial charge in [-0.15, -0.1) is 0 Å². The van der Waals surface area contributed by atoms with Crippen LogP contribution in [0.15, 0.2) is 238 Å². The number of aliphatic hydroxyl groups excluding tert-OH is 2. The number of aliphatic hydroxyl groups is 2. The van der Waals surface area contributed by atoms with E-state index >= 15 is 0 Å². The second-order valence-corrected chi connectivity index (χ2v) is 25.0. The summed E-state index contributed by atoms with van der Waals surface area (Å²) in [6.07, 6.45) is 21.1. The standard InChI is InChI=1S/C73H80N10O6/c1-14-42-34(5)51-28-55-38(9)46(69(80-55)48-26-63(84)67-40(11)57(82-71(48)67)32-61-44(16-3)36(7)53(77-61)30-59(42)75-51)21-23-65(86)74-25-19-18-20-50(73(88)89-13)79-66(87)24-22-47-39(10)56-29-52-35(6)43(15-2)60(76-52)31-54-37(8)45(17-4)62(78-54)33-58-41(12)68-64(85)27-49(70(47)81-56)72(68)83-58/h14-15,28-33,38-39,46-47,50,80-81,84-85H,1-2,16-27H2,3-13H3,(H,74,86)(H,79,87)/t38-,39-,46-,47-,50-/m0/s1. The van der Waals surface area contributed by atoms with Crippen molar-refractivity contribution in [2.75, 3.05) is 13.7 Å². The highest BCUT2D eigenvalue weighted by atomic mass is 16.5. The van der Waals surface area contributed by atoms with E-state index in [1.54, 1.807) is 0 Å². The number of nitrogens with one attached hydrogen (secondary N) is 4. The number of methoxy groups -OCH3 is 1. The van der Waals surface area contributed by atoms with Crippen molar-refractivity contribution < 1.29 is 29.3 Å². The monoisotopic (exact) mass is 1190 g/mol. The first kappa shape index (κ1) is 60.2. The highest BCUT2D eigenvalue weighted by Crippen LogP contribution is 2.49. The molecule has 2 saturated heterocycles. The number of hydrogen-bond acceptors (Lipinski definition) is 14. The summed E-state index contributed by atoms with van der Waals surface area (Å²) in [4.78, 5) is 72.1. The van der Waals surface area contributed by atoms with E-state index in [1.165, 1.54) is 7.11 Å². The molecular formula is C73H80N10O6. The van der Waals surface area contributed by atoms with Crippen molar-refractivity contribution >= 4 is 52.1 Å². The molecule has 0 spiro atoms. The van der Waals surface area contributed by atoms with Gasteiger partial charge in [-0.25, -0.2) is 34.7 Å². The number of carbonyl (C=O) groups excluding carboxylic acids is 3. The van der Waals surface area contributed by atoms with Gasteiger partial charge in [-0.2, -0.15) is 0 Å². The number of hydrogen-bond donors (Lipinski definition) is 6. The third-order valence-electron chi connectivity index (χ3n) is 20.0. The highest BCUT2D eigenvalue weighted by Gasteiger charge is 2.44. The molecule has 0 aromatic heterocycles. The zero-order chi connectivity index (χ0) is 63.0. The number of carbonyl (C=O) groups is 3. The molecule has 12 rings (SSSR count). The number of unbranched alkanes of at least 4 members (excludes halogenated alkanes) is 1. The van der Waals surface area contributed by atoms with E-state index in [9.17, 15) is 24.6 Å². The van der Waals surface area contributed by atoms with Crippen molar-refractivity contribution in [1.82, 2.24) is 21.3 Å². The Hall–Kier alpha value is -9.05. The van der Waals surface area contributed by atoms with Crippen LogP contribution in [0.3, 0.4) is 0 Å². The van der Waals surface area contributed by atoms with Crippen LogP contribution in [0.1, 0.15) is 140 Å². The molecule has 10 aliphatic heterocycles. The lowest BCUT2D eigenvalue weighted by Crippen LogP contribution is -2.41. The lowest BCUT2D eigenvalue weighted by atomic mass is 9.86. The Balaban J connectivity index is 0.711. The molecule has 2 amide bonds. The fraction of sp³-hybridized carbons (Fsp3) is 0.384. The summed E-state index contributed by atoms with van der Waals surface area (Å²) >= 11 is 0. The van der Waals surface area contributed by atoms with Crippen molar-refractivity contribution in [2.24, 2.45) is 53.6 Å². The van der Waals surface area contributed by atoms with Crippen LogP contribution in [0.2, 0.25) is 0 Å². The quantitative estimate of drug-likeness (QED) is 0.0606. The zero-order valence-electron chi connectivity index (χ0n) is 53.1. The molecule has 0 unspecified atom stereocenters. The number of allylic oxidation sites excluding steroid dienone is 24. The van der Waals surface area contributed by atoms with Crippen molar-refractivity contribution in [3.8, 4) is 0 Å². The number of ether oxygens (including phenoxy) is 1. The molecule has 0 aromatic rings. The Labute approximate surface area is 521 Å². The molecule has 2 fully saturated rings. The number of amides is 2. The van der Waals surface area contributed by atoms with Gasteiger partial charge in [0.15, 0.2) is 0 Å². The Kier molecular flexibility index (Phi) is 16.1. The first-order valence-corrected chi connectivity index (χ1v) is 31.6. The fourth-order valence-electron chi connectivity index (χ4n) is 14.8. The summed E-state index contributed by atoms with van der Waals surface area (Å²) in [5.41, 5.74) is 26.9. The molecular weight excluding hydrogens is 1110 g/mol. The van der Waals surface area contributed by atoms with Crippen molar-refractivity contribution in [1.29, 1.82) is 0 Å². The second-order valence-electron chi connectivity index (χ2n) is 25.0. The summed E-state index contributed by atoms with van der Waals surface area (Å²) in [5.74, 6) is -0.719. The minimum atomic E-state index is -0.882. The smallest absolute Gasteiger partial charge is 0.328 e. The fourth-order valence-corrected chi connectivity index (χ4v) is 14.8. The van der Waals surface area contributed by atoms with E-state index in [0.717, 1.165) is 182 Å². The van der Waals surface area contributed by atoms with E-state index in [4.69, 9.17) is 34.7 Å². The van der Waals surface area contributed by atoms with Gasteiger partial charge in [0.05, 0.1) is 75.6 Å². The number of fused-ring (bicyclic) bond motifs is 10. The van der Waals surface area contributed by atoms with Gasteiger partial charge in [-0.1, -0.05) is 53.0 Å². The van der Waals surface area contributed by atoms with Gasteiger partial charge in [0.25, 0.3) is 0 Å². The van der Waals surface area contributed by atoms with Gasteiger partial charge in [0.1, 0.15) is 17.6 Å². The Morgan fingerprint density at radius 1 is 0.607 bits per heavy atom. The maximum Gasteiger partial charge on any atom is 0.328 e. The molecule has 12 aliphatic rings. The van der Waals surface area contributed by atoms with Crippen molar-refractivity contribution in [2.45, 2.75) is 146 Å². The summed E-state index contributed by atoms with van der Waals surface area (Å²) in [7, 11) is 1.32. The Morgan fingerprint density at radius 3 is 1.48 bits per heavy atom. The molecule has 458 valence electrons. The van der Waals surface area contributed by atoms with E-state index in [-0.39, 0.29) is 59.8 Å². The van der Waals surface area contributed by atoms with E-state index in [1.807, 2.05) is 50.3 Å². The van der Waals surface area contributed by atoms with Crippen LogP contribution in [0.25, 0.3) is 0 Å². The topological polar surface area (TPSA) is 223 Å². The minimum absolute atomic E-state index is 0.0221. The molecule has 5 atom stereocenters. The molecule has 16 bridgehead atoms. The van der Waals surface area contributed by atoms with E-state index in [2.05, 4.69) is 102 Å². The molecule has 16 heteroatoms. The summed E-state index contributed by atoms with van der Waals surface area (Å²) in [6, 6.07) is -0.882. The van der Waals surface area contributed by atoms with Gasteiger partial charge in [0, 0.05) is 112 Å². The SMILES string of the molecule is C=CC1=C(C)C2=NC1=CC1=NC(=CC3=C(C)C4=C(O)CC(=C5NC(=C2)[C@@H](C)[C@@H]5CCC(=O)NCCCC[C@H](NC(=O)CC[C@@H]2C5=C6CC(O)=C7C6=NC(=C7C)C=C6N=C(C=C7N=C(C=C(N5)[C@H]2C)C(C)=C7C=C)C(C)=C6CC)C(=O)OC)C4=N3)C(CC)=C1C. The van der Waals surface area contributed by atoms with Gasteiger partial charge in [-0.3, -0.25) is 9.59 Å². The average Bonchev–Trinajstić information content (AvgIpc) is 1.60. The summed E-state index contributed by atoms with van der Waals surface area (Å²) in [5, 5.41) is 36.9. The van der Waals surface area contributed by atoms with E-state index < -0.39 is 12.0 Å². The van der Waals surface area contributed by atoms with Crippen LogP contribution in [-0.4, -0.2) is 82.0 Å². The predicted octanol–water partition coefficient (Wildman–Crippen LogP) is 13.2. The maximum atomic E-state index is 14.1. The molecule has 0 saturated carbocycles. The zero-order valence-corrected chi connectivity index (χ0v) is 53.1. The van der Waals surface area contributed by atoms with Crippen LogP contribution in [0, 0.1) is 23.7 Å². The van der Waals surface area contributed by atoms with Crippen LogP contribution >= 0.6 is 0 Å². The third-order valence-corrected chi connectivity index (χ3v) is 20.0.